The van der Waals surface area contributed by atoms with Crippen molar-refractivity contribution in [2.45, 2.75) is 0 Å². The zero-order chi connectivity index (χ0) is 41.6. The monoisotopic (exact) mass is 884 g/mol. The number of methoxy groups -OCH3 is 4. The lowest BCUT2D eigenvalue weighted by atomic mass is 10.1. The smallest absolute Gasteiger partial charge is 0.166 e. The molecule has 0 spiro atoms. The minimum Gasteiger partial charge on any atom is -0.497 e. The number of benzene rings is 6. The van der Waals surface area contributed by atoms with Crippen molar-refractivity contribution in [2.24, 2.45) is 0 Å². The number of anilines is 8. The Hall–Kier alpha value is -6.70. The molecule has 2 aliphatic rings. The summed E-state index contributed by atoms with van der Waals surface area (Å²) in [6.45, 7) is 0. The van der Waals surface area contributed by atoms with Gasteiger partial charge in [0.2, 0.25) is 0 Å². The van der Waals surface area contributed by atoms with Crippen LogP contribution >= 0.6 is 45.3 Å². The van der Waals surface area contributed by atoms with Gasteiger partial charge in [0.05, 0.1) is 70.0 Å². The molecule has 0 bridgehead atoms. The van der Waals surface area contributed by atoms with Gasteiger partial charge in [0.25, 0.3) is 0 Å². The highest BCUT2D eigenvalue weighted by Crippen LogP contribution is 2.64. The van der Waals surface area contributed by atoms with E-state index in [1.165, 1.54) is 40.3 Å². The quantitative estimate of drug-likeness (QED) is 0.150. The van der Waals surface area contributed by atoms with Gasteiger partial charge < -0.3 is 18.9 Å². The molecule has 2 aliphatic heterocycles. The maximum absolute atomic E-state index is 5.76. The zero-order valence-electron chi connectivity index (χ0n) is 33.9. The van der Waals surface area contributed by atoms with Crippen LogP contribution in [0.5, 0.6) is 23.0 Å². The van der Waals surface area contributed by atoms with Crippen molar-refractivity contribution in [2.75, 3.05) is 48.0 Å². The summed E-state index contributed by atoms with van der Waals surface area (Å²) in [6.07, 6.45) is 0. The molecule has 0 saturated heterocycles. The molecule has 6 heterocycles. The molecule has 0 atom stereocenters. The summed E-state index contributed by atoms with van der Waals surface area (Å²) in [4.78, 5) is 9.87. The molecule has 0 saturated carbocycles. The lowest BCUT2D eigenvalue weighted by molar-refractivity contribution is 0.414. The fourth-order valence-electron chi connectivity index (χ4n) is 9.06. The van der Waals surface area contributed by atoms with E-state index in [9.17, 15) is 0 Å². The van der Waals surface area contributed by atoms with Crippen LogP contribution < -0.4 is 38.5 Å². The molecule has 6 aromatic carbocycles. The van der Waals surface area contributed by atoms with Gasteiger partial charge in [-0.15, -0.1) is 45.3 Å². The zero-order valence-corrected chi connectivity index (χ0v) is 37.2. The number of rotatable bonds is 8. The first-order chi connectivity index (χ1) is 30.6. The first kappa shape index (κ1) is 37.1. The van der Waals surface area contributed by atoms with Crippen LogP contribution in [0, 0.1) is 0 Å². The van der Waals surface area contributed by atoms with Crippen molar-refractivity contribution in [1.29, 1.82) is 0 Å². The van der Waals surface area contributed by atoms with E-state index >= 15 is 0 Å². The first-order valence-electron chi connectivity index (χ1n) is 19.9. The van der Waals surface area contributed by atoms with Crippen LogP contribution in [0.25, 0.3) is 40.3 Å². The number of ether oxygens (including phenoxy) is 4. The second kappa shape index (κ2) is 14.5. The van der Waals surface area contributed by atoms with E-state index in [-0.39, 0.29) is 0 Å². The van der Waals surface area contributed by atoms with Crippen LogP contribution in [0.3, 0.4) is 0 Å². The van der Waals surface area contributed by atoms with Crippen LogP contribution in [-0.2, 0) is 0 Å². The van der Waals surface area contributed by atoms with Crippen molar-refractivity contribution < 1.29 is 18.9 Å². The lowest BCUT2D eigenvalue weighted by Gasteiger charge is -2.34. The van der Waals surface area contributed by atoms with Gasteiger partial charge in [-0.2, -0.15) is 0 Å². The standard InChI is InChI=1S/C50H36N4O4S4/c1-55-33-13-5-29(6-14-33)51-41-37-21-25-59-45(37)46-38(22-26-60-46)42(41)52(30-7-15-34(56-2)16-8-30)49(51)50-53(31-9-17-35(57-3)18-10-31)43-39-23-27-61-47(39)48-40(24-28-62-48)44(43)54(50)32-11-19-36(58-4)20-12-32/h5-28H,1-4H3. The van der Waals surface area contributed by atoms with Gasteiger partial charge in [-0.25, -0.2) is 0 Å². The summed E-state index contributed by atoms with van der Waals surface area (Å²) >= 11 is 7.17. The average molecular weight is 885 g/mol. The SMILES string of the molecule is COc1ccc(N2C(=C3N(c4ccc(OC)cc4)c4c(c5ccsc5c5sccc45)N3c3ccc(OC)cc3)N(c3ccc(OC)cc3)c3c2c2ccsc2c2sccc32)cc1. The Morgan fingerprint density at radius 2 is 0.500 bits per heavy atom. The molecule has 10 aromatic rings. The number of fused-ring (bicyclic) bond motifs is 12. The van der Waals surface area contributed by atoms with E-state index in [1.807, 2.05) is 0 Å². The molecule has 304 valence electrons. The third-order valence-corrected chi connectivity index (χ3v) is 15.8. The van der Waals surface area contributed by atoms with Crippen LogP contribution in [-0.4, -0.2) is 28.4 Å². The second-order valence-corrected chi connectivity index (χ2v) is 18.5. The molecule has 62 heavy (non-hydrogen) atoms. The summed E-state index contributed by atoms with van der Waals surface area (Å²) in [5.74, 6) is 5.06. The topological polar surface area (TPSA) is 49.9 Å². The molecule has 0 radical (unpaired) electrons. The number of nitrogens with zero attached hydrogens (tertiary/aromatic N) is 4. The molecule has 12 heteroatoms. The Balaban J connectivity index is 1.30. The summed E-state index contributed by atoms with van der Waals surface area (Å²) in [5, 5.41) is 13.6. The van der Waals surface area contributed by atoms with Gasteiger partial charge in [0, 0.05) is 44.3 Å². The van der Waals surface area contributed by atoms with E-state index in [4.69, 9.17) is 18.9 Å². The molecule has 0 fully saturated rings. The maximum atomic E-state index is 5.76. The minimum absolute atomic E-state index is 0.788. The van der Waals surface area contributed by atoms with Gasteiger partial charge in [0.1, 0.15) is 23.0 Å². The maximum Gasteiger partial charge on any atom is 0.166 e. The van der Waals surface area contributed by atoms with Crippen molar-refractivity contribution in [1.82, 2.24) is 0 Å². The van der Waals surface area contributed by atoms with Crippen molar-refractivity contribution >= 4 is 131 Å². The van der Waals surface area contributed by atoms with Crippen molar-refractivity contribution in [3.8, 4) is 23.0 Å². The molecule has 0 unspecified atom stereocenters. The van der Waals surface area contributed by atoms with E-state index in [1.54, 1.807) is 73.8 Å². The van der Waals surface area contributed by atoms with Crippen molar-refractivity contribution in [3.63, 3.8) is 0 Å². The fraction of sp³-hybridized carbons (Fsp3) is 0.0800. The summed E-state index contributed by atoms with van der Waals surface area (Å²) in [7, 11) is 6.86. The molecular weight excluding hydrogens is 849 g/mol. The Morgan fingerprint density at radius 1 is 0.290 bits per heavy atom. The second-order valence-electron chi connectivity index (χ2n) is 14.8. The third-order valence-electron chi connectivity index (χ3n) is 11.8. The van der Waals surface area contributed by atoms with Crippen LogP contribution in [0.4, 0.5) is 45.5 Å². The Kier molecular flexibility index (Phi) is 8.65. The van der Waals surface area contributed by atoms with Gasteiger partial charge in [-0.1, -0.05) is 0 Å². The molecule has 12 rings (SSSR count). The Labute approximate surface area is 373 Å². The van der Waals surface area contributed by atoms with Crippen LogP contribution in [0.15, 0.2) is 154 Å². The summed E-state index contributed by atoms with van der Waals surface area (Å²) < 4.78 is 28.1. The highest BCUT2D eigenvalue weighted by atomic mass is 32.1. The predicted molar refractivity (Wildman–Crippen MR) is 262 cm³/mol. The fourth-order valence-corrected chi connectivity index (χ4v) is 13.0. The number of thiophene rings is 4. The largest absolute Gasteiger partial charge is 0.497 e. The van der Waals surface area contributed by atoms with E-state index in [0.29, 0.717) is 0 Å². The van der Waals surface area contributed by atoms with Gasteiger partial charge in [-0.05, 0) is 143 Å². The first-order valence-corrected chi connectivity index (χ1v) is 23.4. The Morgan fingerprint density at radius 3 is 0.694 bits per heavy atom. The van der Waals surface area contributed by atoms with E-state index < -0.39 is 0 Å². The van der Waals surface area contributed by atoms with E-state index in [0.717, 1.165) is 80.1 Å². The normalized spacial score (nSPS) is 13.6. The molecule has 8 nitrogen and oxygen atoms in total. The molecule has 0 N–H and O–H groups in total. The molecule has 0 aliphatic carbocycles. The highest BCUT2D eigenvalue weighted by molar-refractivity contribution is 7.26. The molecule has 0 amide bonds. The van der Waals surface area contributed by atoms with E-state index in [2.05, 4.69) is 162 Å². The lowest BCUT2D eigenvalue weighted by Crippen LogP contribution is -2.33. The van der Waals surface area contributed by atoms with Gasteiger partial charge >= 0.3 is 0 Å². The summed E-state index contributed by atoms with van der Waals surface area (Å²) in [6, 6.07) is 42.9. The van der Waals surface area contributed by atoms with Crippen LogP contribution in [0.2, 0.25) is 0 Å². The van der Waals surface area contributed by atoms with Gasteiger partial charge in [-0.3, -0.25) is 19.6 Å². The minimum atomic E-state index is 0.788. The highest BCUT2D eigenvalue weighted by Gasteiger charge is 2.47. The molecular formula is C50H36N4O4S4. The van der Waals surface area contributed by atoms with Crippen LogP contribution in [0.1, 0.15) is 0 Å². The summed E-state index contributed by atoms with van der Waals surface area (Å²) in [5.41, 5.74) is 8.41. The third kappa shape index (κ3) is 5.34. The number of hydrogen-bond donors (Lipinski definition) is 0. The Bertz CT molecular complexity index is 2920. The van der Waals surface area contributed by atoms with Crippen molar-refractivity contribution in [3.05, 3.63) is 154 Å². The molecule has 4 aromatic heterocycles. The van der Waals surface area contributed by atoms with Gasteiger partial charge in [0.15, 0.2) is 11.6 Å². The predicted octanol–water partition coefficient (Wildman–Crippen LogP) is 15.0. The average Bonchev–Trinajstić information content (AvgIpc) is 4.19. The number of hydrogen-bond acceptors (Lipinski definition) is 12.